The average molecular weight is 414 g/mol. The summed E-state index contributed by atoms with van der Waals surface area (Å²) < 4.78 is 0. The number of aromatic amines is 1. The fourth-order valence-corrected chi connectivity index (χ4v) is 3.33. The predicted molar refractivity (Wildman–Crippen MR) is 114 cm³/mol. The van der Waals surface area contributed by atoms with Crippen molar-refractivity contribution in [1.82, 2.24) is 25.6 Å². The number of hydrogen-bond donors (Lipinski definition) is 4. The first-order chi connectivity index (χ1) is 13.6. The first kappa shape index (κ1) is 21.0. The van der Waals surface area contributed by atoms with Crippen molar-refractivity contribution in [1.29, 1.82) is 0 Å². The number of carbonyl (C=O) groups is 1. The summed E-state index contributed by atoms with van der Waals surface area (Å²) in [5.74, 6) is 0.521. The van der Waals surface area contributed by atoms with Crippen LogP contribution in [-0.4, -0.2) is 44.7 Å². The number of carbonyl (C=O) groups excluding carboxylic acids is 1. The molecule has 2 atom stereocenters. The molecule has 0 aliphatic carbocycles. The molecule has 2 aromatic heterocycles. The van der Waals surface area contributed by atoms with E-state index in [1.54, 1.807) is 6.20 Å². The maximum atomic E-state index is 12.3. The average Bonchev–Trinajstić information content (AvgIpc) is 3.34. The van der Waals surface area contributed by atoms with Crippen LogP contribution in [0.2, 0.25) is 0 Å². The van der Waals surface area contributed by atoms with E-state index in [0.717, 1.165) is 22.6 Å². The maximum absolute atomic E-state index is 12.3. The van der Waals surface area contributed by atoms with E-state index in [0.29, 0.717) is 18.8 Å². The molecule has 1 aromatic carbocycles. The molecule has 4 rings (SSSR count). The molecule has 0 unspecified atom stereocenters. The molecule has 8 heteroatoms. The molecule has 1 amide bonds. The largest absolute Gasteiger partial charge is 0.392 e. The number of aryl methyl sites for hydroxylation is 1. The highest BCUT2D eigenvalue weighted by atomic mass is 35.5. The van der Waals surface area contributed by atoms with Crippen LogP contribution in [-0.2, 0) is 11.3 Å². The molecule has 3 heterocycles. The minimum absolute atomic E-state index is 0. The number of hydrogen-bond acceptors (Lipinski definition) is 5. The topological polar surface area (TPSA) is 103 Å². The number of halogens is 1. The van der Waals surface area contributed by atoms with Crippen LogP contribution in [0, 0.1) is 6.92 Å². The van der Waals surface area contributed by atoms with E-state index in [4.69, 9.17) is 4.98 Å². The number of nitrogens with one attached hydrogen (secondary N) is 3. The highest BCUT2D eigenvalue weighted by molar-refractivity contribution is 5.85. The number of benzene rings is 1. The Morgan fingerprint density at radius 1 is 1.24 bits per heavy atom. The molecule has 4 N–H and O–H groups in total. The fourth-order valence-electron chi connectivity index (χ4n) is 3.33. The fraction of sp³-hybridized carbons (Fsp3) is 0.286. The molecule has 0 spiro atoms. The third-order valence-corrected chi connectivity index (χ3v) is 4.85. The van der Waals surface area contributed by atoms with Gasteiger partial charge in [0.1, 0.15) is 5.82 Å². The number of amides is 1. The first-order valence-corrected chi connectivity index (χ1v) is 9.36. The molecule has 0 saturated carbocycles. The SMILES string of the molecule is Cc1ccc(-c2nc(CNC(=O)[C@@H]3C[C@@H](O)CN3)[nH]c2-c2ccccn2)cc1.Cl. The molecular weight excluding hydrogens is 390 g/mol. The van der Waals surface area contributed by atoms with Gasteiger partial charge < -0.3 is 20.7 Å². The van der Waals surface area contributed by atoms with Crippen molar-refractivity contribution in [3.63, 3.8) is 0 Å². The number of aliphatic hydroxyl groups is 1. The Kier molecular flexibility index (Phi) is 6.64. The van der Waals surface area contributed by atoms with Crippen molar-refractivity contribution in [2.45, 2.75) is 32.0 Å². The Bertz CT molecular complexity index is 959. The second-order valence-corrected chi connectivity index (χ2v) is 7.06. The number of aliphatic hydroxyl groups excluding tert-OH is 1. The standard InChI is InChI=1S/C21H23N5O2.ClH/c1-13-5-7-14(8-6-13)19-20(16-4-2-3-9-22-16)26-18(25-19)12-24-21(28)17-10-15(27)11-23-17;/h2-9,15,17,23,27H,10-12H2,1H3,(H,24,28)(H,25,26);1H/t15-,17+;/m1./s1. The van der Waals surface area contributed by atoms with Gasteiger partial charge in [0.2, 0.25) is 5.91 Å². The maximum Gasteiger partial charge on any atom is 0.237 e. The van der Waals surface area contributed by atoms with Crippen molar-refractivity contribution in [2.75, 3.05) is 6.54 Å². The molecule has 7 nitrogen and oxygen atoms in total. The third kappa shape index (κ3) is 4.82. The summed E-state index contributed by atoms with van der Waals surface area (Å²) in [7, 11) is 0. The van der Waals surface area contributed by atoms with E-state index in [2.05, 4.69) is 20.6 Å². The highest BCUT2D eigenvalue weighted by Gasteiger charge is 2.28. The zero-order valence-corrected chi connectivity index (χ0v) is 16.9. The summed E-state index contributed by atoms with van der Waals surface area (Å²) in [6.07, 6.45) is 1.70. The molecule has 1 aliphatic heterocycles. The van der Waals surface area contributed by atoms with Gasteiger partial charge in [0.05, 0.1) is 35.8 Å². The molecule has 1 aliphatic rings. The van der Waals surface area contributed by atoms with Crippen molar-refractivity contribution < 1.29 is 9.90 Å². The Hall–Kier alpha value is -2.74. The number of β-amino-alcohol motifs (C(OH)–C–C–N with tert-alkyl or cyclic N) is 1. The molecule has 29 heavy (non-hydrogen) atoms. The third-order valence-electron chi connectivity index (χ3n) is 4.85. The Labute approximate surface area is 175 Å². The van der Waals surface area contributed by atoms with Gasteiger partial charge >= 0.3 is 0 Å². The van der Waals surface area contributed by atoms with Crippen LogP contribution in [0.25, 0.3) is 22.6 Å². The van der Waals surface area contributed by atoms with Gasteiger partial charge in [-0.3, -0.25) is 9.78 Å². The quantitative estimate of drug-likeness (QED) is 0.513. The van der Waals surface area contributed by atoms with Crippen LogP contribution >= 0.6 is 12.4 Å². The second-order valence-electron chi connectivity index (χ2n) is 7.06. The Morgan fingerprint density at radius 2 is 2.03 bits per heavy atom. The van der Waals surface area contributed by atoms with E-state index in [1.807, 2.05) is 49.4 Å². The van der Waals surface area contributed by atoms with Crippen molar-refractivity contribution in [2.24, 2.45) is 0 Å². The van der Waals surface area contributed by atoms with Gasteiger partial charge in [-0.1, -0.05) is 35.9 Å². The molecule has 152 valence electrons. The van der Waals surface area contributed by atoms with E-state index in [9.17, 15) is 9.90 Å². The van der Waals surface area contributed by atoms with E-state index >= 15 is 0 Å². The van der Waals surface area contributed by atoms with E-state index in [1.165, 1.54) is 5.56 Å². The van der Waals surface area contributed by atoms with Crippen molar-refractivity contribution >= 4 is 18.3 Å². The summed E-state index contributed by atoms with van der Waals surface area (Å²) >= 11 is 0. The van der Waals surface area contributed by atoms with Crippen LogP contribution in [0.5, 0.6) is 0 Å². The van der Waals surface area contributed by atoms with Crippen LogP contribution in [0.1, 0.15) is 17.8 Å². The molecule has 0 radical (unpaired) electrons. The van der Waals surface area contributed by atoms with Gasteiger partial charge in [0.25, 0.3) is 0 Å². The summed E-state index contributed by atoms with van der Waals surface area (Å²) in [5, 5.41) is 15.5. The lowest BCUT2D eigenvalue weighted by molar-refractivity contribution is -0.123. The lowest BCUT2D eigenvalue weighted by atomic mass is 10.1. The van der Waals surface area contributed by atoms with Gasteiger partial charge in [-0.05, 0) is 25.5 Å². The molecule has 1 saturated heterocycles. The molecule has 0 bridgehead atoms. The van der Waals surface area contributed by atoms with Gasteiger partial charge in [-0.2, -0.15) is 0 Å². The lowest BCUT2D eigenvalue weighted by Crippen LogP contribution is -2.40. The van der Waals surface area contributed by atoms with Gasteiger partial charge in [0, 0.05) is 18.3 Å². The number of aromatic nitrogens is 3. The lowest BCUT2D eigenvalue weighted by Gasteiger charge is -2.09. The summed E-state index contributed by atoms with van der Waals surface area (Å²) in [5.41, 5.74) is 4.59. The first-order valence-electron chi connectivity index (χ1n) is 9.36. The molecule has 1 fully saturated rings. The zero-order valence-electron chi connectivity index (χ0n) is 16.1. The van der Waals surface area contributed by atoms with Gasteiger partial charge in [-0.15, -0.1) is 12.4 Å². The second kappa shape index (κ2) is 9.17. The van der Waals surface area contributed by atoms with Crippen molar-refractivity contribution in [3.05, 3.63) is 60.0 Å². The van der Waals surface area contributed by atoms with Gasteiger partial charge in [0.15, 0.2) is 0 Å². The monoisotopic (exact) mass is 413 g/mol. The van der Waals surface area contributed by atoms with Crippen LogP contribution in [0.15, 0.2) is 48.7 Å². The number of nitrogens with zero attached hydrogens (tertiary/aromatic N) is 2. The number of pyridine rings is 1. The smallest absolute Gasteiger partial charge is 0.237 e. The number of H-pyrrole nitrogens is 1. The predicted octanol–water partition coefficient (Wildman–Crippen LogP) is 2.21. The van der Waals surface area contributed by atoms with Crippen LogP contribution < -0.4 is 10.6 Å². The van der Waals surface area contributed by atoms with E-state index in [-0.39, 0.29) is 30.9 Å². The summed E-state index contributed by atoms with van der Waals surface area (Å²) in [6, 6.07) is 13.5. The number of rotatable bonds is 5. The van der Waals surface area contributed by atoms with Crippen molar-refractivity contribution in [3.8, 4) is 22.6 Å². The normalized spacial score (nSPS) is 18.3. The van der Waals surface area contributed by atoms with Crippen LogP contribution in [0.4, 0.5) is 0 Å². The highest BCUT2D eigenvalue weighted by Crippen LogP contribution is 2.29. The van der Waals surface area contributed by atoms with Crippen LogP contribution in [0.3, 0.4) is 0 Å². The summed E-state index contributed by atoms with van der Waals surface area (Å²) in [6.45, 7) is 2.77. The number of imidazole rings is 1. The summed E-state index contributed by atoms with van der Waals surface area (Å²) in [4.78, 5) is 24.8. The van der Waals surface area contributed by atoms with E-state index < -0.39 is 6.10 Å². The Morgan fingerprint density at radius 3 is 2.69 bits per heavy atom. The molecular formula is C21H24ClN5O2. The molecule has 3 aromatic rings. The minimum atomic E-state index is -0.469. The van der Waals surface area contributed by atoms with Gasteiger partial charge in [-0.25, -0.2) is 4.98 Å². The zero-order chi connectivity index (χ0) is 19.5. The minimum Gasteiger partial charge on any atom is -0.392 e. The Balaban J connectivity index is 0.00000240.